The van der Waals surface area contributed by atoms with Gasteiger partial charge in [0.05, 0.1) is 18.7 Å². The zero-order chi connectivity index (χ0) is 23.5. The van der Waals surface area contributed by atoms with Crippen LogP contribution in [0.1, 0.15) is 34.7 Å². The normalized spacial score (nSPS) is 26.3. The summed E-state index contributed by atoms with van der Waals surface area (Å²) in [4.78, 5) is 30.7. The van der Waals surface area contributed by atoms with Gasteiger partial charge in [0.1, 0.15) is 6.04 Å². The van der Waals surface area contributed by atoms with Crippen LogP contribution >= 0.6 is 0 Å². The Morgan fingerprint density at radius 3 is 2.67 bits per heavy atom. The van der Waals surface area contributed by atoms with Crippen LogP contribution in [0.4, 0.5) is 22.0 Å². The fourth-order valence-electron chi connectivity index (χ4n) is 4.45. The van der Waals surface area contributed by atoms with Crippen LogP contribution in [0.15, 0.2) is 22.7 Å². The van der Waals surface area contributed by atoms with Crippen molar-refractivity contribution in [1.29, 1.82) is 0 Å². The molecule has 1 aromatic heterocycles. The number of rotatable bonds is 5. The van der Waals surface area contributed by atoms with Crippen LogP contribution in [0.2, 0.25) is 0 Å². The van der Waals surface area contributed by atoms with Gasteiger partial charge in [-0.3, -0.25) is 9.59 Å². The van der Waals surface area contributed by atoms with Gasteiger partial charge in [-0.05, 0) is 18.1 Å². The van der Waals surface area contributed by atoms with Crippen LogP contribution in [0, 0.1) is 0 Å². The van der Waals surface area contributed by atoms with Crippen molar-refractivity contribution in [3.05, 3.63) is 35.2 Å². The van der Waals surface area contributed by atoms with Crippen molar-refractivity contribution >= 4 is 12.3 Å². The van der Waals surface area contributed by atoms with Gasteiger partial charge in [-0.1, -0.05) is 17.3 Å². The minimum absolute atomic E-state index is 0.0691. The van der Waals surface area contributed by atoms with E-state index in [9.17, 15) is 31.5 Å². The van der Waals surface area contributed by atoms with E-state index in [0.29, 0.717) is 18.4 Å². The molecule has 1 aromatic carbocycles. The molecule has 0 N–H and O–H groups in total. The van der Waals surface area contributed by atoms with Gasteiger partial charge in [-0.15, -0.1) is 0 Å². The fraction of sp³-hybridized carbons (Fsp3) is 0.500. The monoisotopic (exact) mass is 472 g/mol. The van der Waals surface area contributed by atoms with Crippen molar-refractivity contribution in [2.75, 3.05) is 13.2 Å². The first-order valence-electron chi connectivity index (χ1n) is 10.1. The topological polar surface area (TPSA) is 88.8 Å². The second-order valence-corrected chi connectivity index (χ2v) is 8.26. The van der Waals surface area contributed by atoms with Crippen molar-refractivity contribution in [3.8, 4) is 11.4 Å². The maximum absolute atomic E-state index is 13.7. The molecule has 2 aromatic rings. The van der Waals surface area contributed by atoms with E-state index in [4.69, 9.17) is 4.74 Å². The number of benzene rings is 1. The Labute approximate surface area is 183 Å². The molecule has 13 heteroatoms. The molecule has 2 aliphatic heterocycles. The minimum atomic E-state index is -4.80. The van der Waals surface area contributed by atoms with Gasteiger partial charge in [0.25, 0.3) is 11.8 Å². The first-order valence-corrected chi connectivity index (χ1v) is 10.1. The third-order valence-corrected chi connectivity index (χ3v) is 6.22. The fourth-order valence-corrected chi connectivity index (χ4v) is 4.45. The molecule has 176 valence electrons. The van der Waals surface area contributed by atoms with E-state index in [0.717, 1.165) is 4.90 Å². The van der Waals surface area contributed by atoms with Gasteiger partial charge in [-0.2, -0.15) is 18.2 Å². The second kappa shape index (κ2) is 7.47. The van der Waals surface area contributed by atoms with Gasteiger partial charge in [0.15, 0.2) is 0 Å². The van der Waals surface area contributed by atoms with Crippen molar-refractivity contribution in [1.82, 2.24) is 19.9 Å². The molecule has 0 radical (unpaired) electrons. The van der Waals surface area contributed by atoms with Crippen LogP contribution in [0.25, 0.3) is 11.4 Å². The van der Waals surface area contributed by atoms with Gasteiger partial charge in [-0.25, -0.2) is 8.78 Å². The third-order valence-electron chi connectivity index (χ3n) is 6.22. The molecule has 2 amide bonds. The maximum Gasteiger partial charge on any atom is 0.471 e. The van der Waals surface area contributed by atoms with Gasteiger partial charge in [0.2, 0.25) is 12.2 Å². The molecule has 0 spiro atoms. The zero-order valence-electron chi connectivity index (χ0n) is 16.9. The van der Waals surface area contributed by atoms with Gasteiger partial charge in [0, 0.05) is 30.7 Å². The first kappa shape index (κ1) is 21.7. The first-order chi connectivity index (χ1) is 15.6. The highest BCUT2D eigenvalue weighted by Gasteiger charge is 2.62. The second-order valence-electron chi connectivity index (χ2n) is 8.26. The number of alkyl halides is 5. The molecule has 0 bridgehead atoms. The van der Waals surface area contributed by atoms with Gasteiger partial charge < -0.3 is 19.1 Å². The summed E-state index contributed by atoms with van der Waals surface area (Å²) in [6, 6.07) is 1.92. The lowest BCUT2D eigenvalue weighted by Crippen LogP contribution is -2.57. The van der Waals surface area contributed by atoms with Crippen LogP contribution in [-0.4, -0.2) is 69.5 Å². The predicted molar refractivity (Wildman–Crippen MR) is 98.9 cm³/mol. The maximum atomic E-state index is 13.7. The average Bonchev–Trinajstić information content (AvgIpc) is 3.13. The molecular formula is C20H17F5N4O4. The number of aromatic nitrogens is 2. The smallest absolute Gasteiger partial charge is 0.379 e. The Morgan fingerprint density at radius 1 is 1.27 bits per heavy atom. The van der Waals surface area contributed by atoms with E-state index in [1.54, 1.807) is 6.07 Å². The molecule has 3 aliphatic rings. The lowest BCUT2D eigenvalue weighted by atomic mass is 10.00. The summed E-state index contributed by atoms with van der Waals surface area (Å²) in [6.45, 7) is 0.481. The number of carbonyl (C=O) groups excluding carboxylic acids is 2. The SMILES string of the molecule is O=CN([C@H]1CC1(F)F)[C@H]1CCOC[C@@H]1N1Cc2ccc(-c3noc(C(F)(F)F)n3)cc2C1=O. The molecule has 1 saturated heterocycles. The Hall–Kier alpha value is -3.09. The van der Waals surface area contributed by atoms with E-state index in [1.807, 2.05) is 0 Å². The third kappa shape index (κ3) is 3.73. The summed E-state index contributed by atoms with van der Waals surface area (Å²) in [6.07, 6.45) is -4.52. The lowest BCUT2D eigenvalue weighted by Gasteiger charge is -2.42. The molecule has 1 aliphatic carbocycles. The van der Waals surface area contributed by atoms with Gasteiger partial charge >= 0.3 is 12.1 Å². The summed E-state index contributed by atoms with van der Waals surface area (Å²) in [5, 5.41) is 3.33. The number of halogens is 5. The van der Waals surface area contributed by atoms with Crippen LogP contribution in [-0.2, 0) is 22.3 Å². The highest BCUT2D eigenvalue weighted by Crippen LogP contribution is 2.47. The van der Waals surface area contributed by atoms with Crippen molar-refractivity contribution in [3.63, 3.8) is 0 Å². The Kier molecular flexibility index (Phi) is 4.92. The number of ether oxygens (including phenoxy) is 1. The number of hydrogen-bond acceptors (Lipinski definition) is 6. The average molecular weight is 472 g/mol. The van der Waals surface area contributed by atoms with Crippen LogP contribution < -0.4 is 0 Å². The summed E-state index contributed by atoms with van der Waals surface area (Å²) >= 11 is 0. The highest BCUT2D eigenvalue weighted by molar-refractivity contribution is 5.99. The predicted octanol–water partition coefficient (Wildman–Crippen LogP) is 2.73. The number of nitrogens with zero attached hydrogens (tertiary/aromatic N) is 4. The summed E-state index contributed by atoms with van der Waals surface area (Å²) in [5.74, 6) is -5.21. The summed E-state index contributed by atoms with van der Waals surface area (Å²) < 4.78 is 75.3. The number of hydrogen-bond donors (Lipinski definition) is 0. The molecule has 1 saturated carbocycles. The van der Waals surface area contributed by atoms with E-state index < -0.39 is 48.4 Å². The molecule has 2 fully saturated rings. The van der Waals surface area contributed by atoms with E-state index in [-0.39, 0.29) is 36.7 Å². The highest BCUT2D eigenvalue weighted by atomic mass is 19.4. The van der Waals surface area contributed by atoms with Crippen LogP contribution in [0.3, 0.4) is 0 Å². The summed E-state index contributed by atoms with van der Waals surface area (Å²) in [5.41, 5.74) is 0.985. The lowest BCUT2D eigenvalue weighted by molar-refractivity contribution is -0.159. The largest absolute Gasteiger partial charge is 0.471 e. The van der Waals surface area contributed by atoms with Crippen molar-refractivity contribution < 1.29 is 40.8 Å². The molecule has 0 unspecified atom stereocenters. The molecule has 3 heterocycles. The Balaban J connectivity index is 1.40. The van der Waals surface area contributed by atoms with E-state index in [2.05, 4.69) is 14.7 Å². The zero-order valence-corrected chi connectivity index (χ0v) is 16.9. The standard InChI is InChI=1S/C20H17F5N4O4/c21-19(22)6-15(19)29(9-30)13-3-4-32-8-14(13)28-7-11-2-1-10(5-12(11)17(28)31)16-26-18(33-27-16)20(23,24)25/h1-2,5,9,13-15H,3-4,6-8H2/t13-,14-,15-/m0/s1. The van der Waals surface area contributed by atoms with E-state index >= 15 is 0 Å². The number of fused-ring (bicyclic) bond motifs is 1. The molecule has 8 nitrogen and oxygen atoms in total. The molecule has 5 rings (SSSR count). The van der Waals surface area contributed by atoms with Crippen molar-refractivity contribution in [2.45, 2.75) is 49.6 Å². The molecular weight excluding hydrogens is 455 g/mol. The Bertz CT molecular complexity index is 1100. The molecule has 33 heavy (non-hydrogen) atoms. The minimum Gasteiger partial charge on any atom is -0.379 e. The Morgan fingerprint density at radius 2 is 2.03 bits per heavy atom. The number of amides is 2. The summed E-state index contributed by atoms with van der Waals surface area (Å²) in [7, 11) is 0. The molecule has 3 atom stereocenters. The quantitative estimate of drug-likeness (QED) is 0.491. The number of carbonyl (C=O) groups is 2. The van der Waals surface area contributed by atoms with E-state index in [1.165, 1.54) is 17.0 Å². The van der Waals surface area contributed by atoms with Crippen LogP contribution in [0.5, 0.6) is 0 Å². The van der Waals surface area contributed by atoms with Crippen molar-refractivity contribution in [2.24, 2.45) is 0 Å².